The number of phenolic OH excluding ortho intramolecular Hbond substituents is 1. The van der Waals surface area contributed by atoms with E-state index in [4.69, 9.17) is 5.73 Å². The van der Waals surface area contributed by atoms with E-state index in [0.717, 1.165) is 27.1 Å². The van der Waals surface area contributed by atoms with E-state index in [0.29, 0.717) is 5.75 Å². The van der Waals surface area contributed by atoms with Crippen molar-refractivity contribution in [1.29, 1.82) is 0 Å². The minimum absolute atomic E-state index is 0.368. The zero-order valence-electron chi connectivity index (χ0n) is 7.37. The van der Waals surface area contributed by atoms with Crippen LogP contribution in [0.15, 0.2) is 18.2 Å². The lowest BCUT2D eigenvalue weighted by atomic mass is 10.1. The van der Waals surface area contributed by atoms with Gasteiger partial charge >= 0.3 is 0 Å². The molecule has 0 atom stereocenters. The van der Waals surface area contributed by atoms with Gasteiger partial charge in [-0.15, -0.1) is 11.3 Å². The highest BCUT2D eigenvalue weighted by atomic mass is 32.1. The number of thiophene rings is 1. The number of phenols is 1. The fourth-order valence-corrected chi connectivity index (χ4v) is 2.41. The van der Waals surface area contributed by atoms with Crippen molar-refractivity contribution in [3.05, 3.63) is 23.8 Å². The Labute approximate surface area is 80.6 Å². The smallest absolute Gasteiger partial charge is 0.119 e. The van der Waals surface area contributed by atoms with Crippen LogP contribution in [-0.2, 0) is 6.42 Å². The number of aromatic hydroxyl groups is 1. The van der Waals surface area contributed by atoms with Gasteiger partial charge in [-0.25, -0.2) is 0 Å². The number of aryl methyl sites for hydroxylation is 1. The first kappa shape index (κ1) is 8.38. The molecule has 68 valence electrons. The van der Waals surface area contributed by atoms with E-state index in [1.165, 1.54) is 0 Å². The quantitative estimate of drug-likeness (QED) is 0.731. The van der Waals surface area contributed by atoms with Crippen LogP contribution in [0.4, 0.5) is 5.00 Å². The largest absolute Gasteiger partial charge is 0.508 e. The van der Waals surface area contributed by atoms with Crippen LogP contribution < -0.4 is 5.73 Å². The summed E-state index contributed by atoms with van der Waals surface area (Å²) in [5.74, 6) is 0.368. The fourth-order valence-electron chi connectivity index (χ4n) is 1.55. The minimum atomic E-state index is 0.368. The van der Waals surface area contributed by atoms with Crippen LogP contribution in [0, 0.1) is 0 Å². The number of rotatable bonds is 1. The molecule has 0 aliphatic rings. The standard InChI is InChI=1S/C10H11NOS/c1-2-6-7-5-10(11)13-9(7)4-3-8(6)12/h3-5,12H,2,11H2,1H3. The fraction of sp³-hybridized carbons (Fsp3) is 0.200. The van der Waals surface area contributed by atoms with E-state index in [2.05, 4.69) is 0 Å². The minimum Gasteiger partial charge on any atom is -0.508 e. The summed E-state index contributed by atoms with van der Waals surface area (Å²) in [5, 5.41) is 11.5. The zero-order chi connectivity index (χ0) is 9.42. The maximum Gasteiger partial charge on any atom is 0.119 e. The molecule has 0 saturated carbocycles. The first-order valence-corrected chi connectivity index (χ1v) is 5.04. The number of nitrogens with two attached hydrogens (primary N) is 1. The van der Waals surface area contributed by atoms with Crippen molar-refractivity contribution in [1.82, 2.24) is 0 Å². The molecular weight excluding hydrogens is 182 g/mol. The monoisotopic (exact) mass is 193 g/mol. The van der Waals surface area contributed by atoms with Crippen molar-refractivity contribution in [2.24, 2.45) is 0 Å². The van der Waals surface area contributed by atoms with Gasteiger partial charge < -0.3 is 10.8 Å². The lowest BCUT2D eigenvalue weighted by Gasteiger charge is -2.01. The van der Waals surface area contributed by atoms with Crippen LogP contribution in [0.1, 0.15) is 12.5 Å². The molecule has 0 unspecified atom stereocenters. The molecule has 0 fully saturated rings. The zero-order valence-corrected chi connectivity index (χ0v) is 8.19. The van der Waals surface area contributed by atoms with E-state index in [1.54, 1.807) is 17.4 Å². The molecule has 13 heavy (non-hydrogen) atoms. The van der Waals surface area contributed by atoms with Crippen molar-refractivity contribution in [2.75, 3.05) is 5.73 Å². The molecule has 0 bridgehead atoms. The lowest BCUT2D eigenvalue weighted by Crippen LogP contribution is -1.81. The molecule has 3 heteroatoms. The Bertz CT molecular complexity index is 447. The second-order valence-electron chi connectivity index (χ2n) is 2.98. The third-order valence-corrected chi connectivity index (χ3v) is 3.09. The summed E-state index contributed by atoms with van der Waals surface area (Å²) in [5.41, 5.74) is 6.69. The van der Waals surface area contributed by atoms with Gasteiger partial charge in [0.25, 0.3) is 0 Å². The Balaban J connectivity index is 2.82. The second kappa shape index (κ2) is 2.92. The average molecular weight is 193 g/mol. The maximum absolute atomic E-state index is 9.58. The summed E-state index contributed by atoms with van der Waals surface area (Å²) in [6.45, 7) is 2.03. The molecule has 2 rings (SSSR count). The highest BCUT2D eigenvalue weighted by Gasteiger charge is 2.07. The Kier molecular flexibility index (Phi) is 1.88. The lowest BCUT2D eigenvalue weighted by molar-refractivity contribution is 0.470. The van der Waals surface area contributed by atoms with E-state index >= 15 is 0 Å². The molecule has 2 nitrogen and oxygen atoms in total. The molecule has 1 aromatic carbocycles. The van der Waals surface area contributed by atoms with Gasteiger partial charge in [-0.2, -0.15) is 0 Å². The third kappa shape index (κ3) is 1.25. The topological polar surface area (TPSA) is 46.2 Å². The molecule has 0 spiro atoms. The Morgan fingerprint density at radius 3 is 2.92 bits per heavy atom. The highest BCUT2D eigenvalue weighted by Crippen LogP contribution is 2.34. The van der Waals surface area contributed by atoms with E-state index < -0.39 is 0 Å². The number of benzene rings is 1. The number of hydrogen-bond acceptors (Lipinski definition) is 3. The second-order valence-corrected chi connectivity index (χ2v) is 4.09. The van der Waals surface area contributed by atoms with Crippen molar-refractivity contribution < 1.29 is 5.11 Å². The molecule has 0 amide bonds. The summed E-state index contributed by atoms with van der Waals surface area (Å²) in [4.78, 5) is 0. The van der Waals surface area contributed by atoms with Gasteiger partial charge in [0, 0.05) is 15.6 Å². The Morgan fingerprint density at radius 2 is 2.23 bits per heavy atom. The van der Waals surface area contributed by atoms with E-state index in [1.807, 2.05) is 19.1 Å². The van der Waals surface area contributed by atoms with Gasteiger partial charge in [0.05, 0.1) is 5.00 Å². The molecule has 1 heterocycles. The Hall–Kier alpha value is -1.22. The summed E-state index contributed by atoms with van der Waals surface area (Å²) in [7, 11) is 0. The summed E-state index contributed by atoms with van der Waals surface area (Å²) >= 11 is 1.56. The van der Waals surface area contributed by atoms with Crippen molar-refractivity contribution >= 4 is 26.4 Å². The molecule has 3 N–H and O–H groups in total. The predicted octanol–water partition coefficient (Wildman–Crippen LogP) is 2.75. The average Bonchev–Trinajstić information content (AvgIpc) is 2.45. The van der Waals surface area contributed by atoms with Crippen LogP contribution in [0.25, 0.3) is 10.1 Å². The summed E-state index contributed by atoms with van der Waals surface area (Å²) < 4.78 is 1.15. The summed E-state index contributed by atoms with van der Waals surface area (Å²) in [6, 6.07) is 5.57. The van der Waals surface area contributed by atoms with Gasteiger partial charge in [0.1, 0.15) is 5.75 Å². The molecule has 0 aliphatic heterocycles. The molecule has 1 aromatic heterocycles. The summed E-state index contributed by atoms with van der Waals surface area (Å²) in [6.07, 6.45) is 0.833. The normalized spacial score (nSPS) is 10.8. The SMILES string of the molecule is CCc1c(O)ccc2sc(N)cc12. The van der Waals surface area contributed by atoms with Gasteiger partial charge in [-0.1, -0.05) is 6.92 Å². The maximum atomic E-state index is 9.58. The molecule has 0 aliphatic carbocycles. The van der Waals surface area contributed by atoms with Gasteiger partial charge in [-0.05, 0) is 24.6 Å². The Morgan fingerprint density at radius 1 is 1.46 bits per heavy atom. The number of nitrogen functional groups attached to an aromatic ring is 1. The van der Waals surface area contributed by atoms with Gasteiger partial charge in [-0.3, -0.25) is 0 Å². The van der Waals surface area contributed by atoms with Crippen LogP contribution >= 0.6 is 11.3 Å². The highest BCUT2D eigenvalue weighted by molar-refractivity contribution is 7.22. The van der Waals surface area contributed by atoms with Crippen molar-refractivity contribution in [3.8, 4) is 5.75 Å². The number of fused-ring (bicyclic) bond motifs is 1. The van der Waals surface area contributed by atoms with Gasteiger partial charge in [0.2, 0.25) is 0 Å². The third-order valence-electron chi connectivity index (χ3n) is 2.16. The van der Waals surface area contributed by atoms with Crippen LogP contribution in [0.2, 0.25) is 0 Å². The van der Waals surface area contributed by atoms with Crippen LogP contribution in [0.5, 0.6) is 5.75 Å². The molecule has 0 saturated heterocycles. The van der Waals surface area contributed by atoms with E-state index in [-0.39, 0.29) is 0 Å². The first-order chi connectivity index (χ1) is 6.22. The first-order valence-electron chi connectivity index (χ1n) is 4.22. The van der Waals surface area contributed by atoms with Gasteiger partial charge in [0.15, 0.2) is 0 Å². The van der Waals surface area contributed by atoms with Crippen LogP contribution in [-0.4, -0.2) is 5.11 Å². The molecule has 0 radical (unpaired) electrons. The molecule has 2 aromatic rings. The van der Waals surface area contributed by atoms with Crippen molar-refractivity contribution in [2.45, 2.75) is 13.3 Å². The predicted molar refractivity (Wildman–Crippen MR) is 57.3 cm³/mol. The molecular formula is C10H11NOS. The number of hydrogen-bond donors (Lipinski definition) is 2. The van der Waals surface area contributed by atoms with Crippen molar-refractivity contribution in [3.63, 3.8) is 0 Å². The number of anilines is 1. The van der Waals surface area contributed by atoms with Crippen LogP contribution in [0.3, 0.4) is 0 Å². The van der Waals surface area contributed by atoms with E-state index in [9.17, 15) is 5.11 Å².